The van der Waals surface area contributed by atoms with Gasteiger partial charge in [0.1, 0.15) is 10.8 Å². The number of primary amides is 1. The van der Waals surface area contributed by atoms with E-state index in [0.717, 1.165) is 37.0 Å². The third-order valence-corrected chi connectivity index (χ3v) is 7.52. The minimum absolute atomic E-state index is 0.113. The molecule has 1 aliphatic rings. The molecule has 31 heavy (non-hydrogen) atoms. The Morgan fingerprint density at radius 2 is 1.97 bits per heavy atom. The zero-order valence-corrected chi connectivity index (χ0v) is 19.9. The molecule has 0 spiro atoms. The Hall–Kier alpha value is -2.34. The Bertz CT molecular complexity index is 931. The largest absolute Gasteiger partial charge is 0.494 e. The predicted molar refractivity (Wildman–Crippen MR) is 127 cm³/mol. The molecule has 0 fully saturated rings. The Morgan fingerprint density at radius 1 is 1.26 bits per heavy atom. The number of nitrogens with two attached hydrogens (primary N) is 1. The van der Waals surface area contributed by atoms with Gasteiger partial charge in [0.05, 0.1) is 12.2 Å². The van der Waals surface area contributed by atoms with Crippen LogP contribution in [-0.4, -0.2) is 18.4 Å². The van der Waals surface area contributed by atoms with Gasteiger partial charge in [0.25, 0.3) is 5.91 Å². The Balaban J connectivity index is 1.50. The summed E-state index contributed by atoms with van der Waals surface area (Å²) in [4.78, 5) is 25.6. The van der Waals surface area contributed by atoms with Gasteiger partial charge >= 0.3 is 0 Å². The van der Waals surface area contributed by atoms with Crippen LogP contribution >= 0.6 is 11.3 Å². The number of anilines is 1. The van der Waals surface area contributed by atoms with Crippen LogP contribution in [0.4, 0.5) is 5.00 Å². The van der Waals surface area contributed by atoms with E-state index in [9.17, 15) is 9.59 Å². The minimum atomic E-state index is -0.458. The first kappa shape index (κ1) is 23.3. The van der Waals surface area contributed by atoms with E-state index in [1.807, 2.05) is 12.1 Å². The number of carbonyl (C=O) groups excluding carboxylic acids is 2. The summed E-state index contributed by atoms with van der Waals surface area (Å²) >= 11 is 1.50. The summed E-state index contributed by atoms with van der Waals surface area (Å²) in [5, 5.41) is 3.52. The van der Waals surface area contributed by atoms with Crippen molar-refractivity contribution in [3.8, 4) is 5.75 Å². The summed E-state index contributed by atoms with van der Waals surface area (Å²) in [6, 6.07) is 8.19. The standard InChI is InChI=1S/C25H34N2O3S/c1-5-25(3,4)17-9-11-18(12-10-17)30-14-6-7-21(28)27-24-22(23(26)29)19-13-8-16(2)15-20(19)31-24/h9-12,16H,5-8,13-15H2,1-4H3,(H2,26,29)(H,27,28). The van der Waals surface area contributed by atoms with E-state index in [1.165, 1.54) is 21.8 Å². The van der Waals surface area contributed by atoms with Gasteiger partial charge in [0, 0.05) is 11.3 Å². The molecule has 1 aromatic carbocycles. The highest BCUT2D eigenvalue weighted by atomic mass is 32.1. The quantitative estimate of drug-likeness (QED) is 0.506. The first-order valence-corrected chi connectivity index (χ1v) is 12.0. The molecule has 0 bridgehead atoms. The van der Waals surface area contributed by atoms with Crippen LogP contribution in [0.3, 0.4) is 0 Å². The number of benzene rings is 1. The molecule has 2 amide bonds. The zero-order valence-electron chi connectivity index (χ0n) is 19.0. The Labute approximate surface area is 189 Å². The number of carbonyl (C=O) groups is 2. The van der Waals surface area contributed by atoms with Crippen molar-refractivity contribution in [1.29, 1.82) is 0 Å². The van der Waals surface area contributed by atoms with Crippen LogP contribution in [0.2, 0.25) is 0 Å². The fourth-order valence-electron chi connectivity index (χ4n) is 3.92. The first-order chi connectivity index (χ1) is 14.7. The van der Waals surface area contributed by atoms with Gasteiger partial charge in [-0.2, -0.15) is 0 Å². The normalized spacial score (nSPS) is 15.9. The molecule has 1 aromatic heterocycles. The van der Waals surface area contributed by atoms with E-state index >= 15 is 0 Å². The van der Waals surface area contributed by atoms with Gasteiger partial charge in [0.2, 0.25) is 5.91 Å². The number of nitrogens with one attached hydrogen (secondary N) is 1. The molecule has 0 aliphatic heterocycles. The average Bonchev–Trinajstić information content (AvgIpc) is 3.08. The van der Waals surface area contributed by atoms with Crippen molar-refractivity contribution >= 4 is 28.2 Å². The second kappa shape index (κ2) is 9.86. The molecular formula is C25H34N2O3S. The van der Waals surface area contributed by atoms with Gasteiger partial charge in [-0.15, -0.1) is 11.3 Å². The van der Waals surface area contributed by atoms with Gasteiger partial charge in [0.15, 0.2) is 0 Å². The number of thiophene rings is 1. The summed E-state index contributed by atoms with van der Waals surface area (Å²) < 4.78 is 5.80. The minimum Gasteiger partial charge on any atom is -0.494 e. The maximum absolute atomic E-state index is 12.5. The van der Waals surface area contributed by atoms with Crippen LogP contribution in [0, 0.1) is 5.92 Å². The van der Waals surface area contributed by atoms with Gasteiger partial charge in [-0.05, 0) is 66.7 Å². The lowest BCUT2D eigenvalue weighted by Crippen LogP contribution is -2.19. The monoisotopic (exact) mass is 442 g/mol. The highest BCUT2D eigenvalue weighted by molar-refractivity contribution is 7.17. The maximum Gasteiger partial charge on any atom is 0.251 e. The van der Waals surface area contributed by atoms with Crippen molar-refractivity contribution < 1.29 is 14.3 Å². The van der Waals surface area contributed by atoms with E-state index in [2.05, 4.69) is 45.1 Å². The van der Waals surface area contributed by atoms with Crippen LogP contribution in [0.5, 0.6) is 5.75 Å². The molecule has 1 aliphatic carbocycles. The van der Waals surface area contributed by atoms with E-state index in [0.29, 0.717) is 35.9 Å². The van der Waals surface area contributed by atoms with Gasteiger partial charge < -0.3 is 15.8 Å². The molecule has 1 unspecified atom stereocenters. The number of fused-ring (bicyclic) bond motifs is 1. The van der Waals surface area contributed by atoms with Crippen LogP contribution < -0.4 is 15.8 Å². The maximum atomic E-state index is 12.5. The molecule has 1 atom stereocenters. The first-order valence-electron chi connectivity index (χ1n) is 11.2. The predicted octanol–water partition coefficient (Wildman–Crippen LogP) is 5.46. The number of amides is 2. The molecule has 0 saturated carbocycles. The fraction of sp³-hybridized carbons (Fsp3) is 0.520. The van der Waals surface area contributed by atoms with E-state index in [-0.39, 0.29) is 11.3 Å². The lowest BCUT2D eigenvalue weighted by atomic mass is 9.82. The summed E-state index contributed by atoms with van der Waals surface area (Å²) in [5.74, 6) is 0.833. The molecule has 3 N–H and O–H groups in total. The third-order valence-electron chi connectivity index (χ3n) is 6.35. The van der Waals surface area contributed by atoms with Crippen molar-refractivity contribution in [2.24, 2.45) is 11.7 Å². The van der Waals surface area contributed by atoms with E-state index in [4.69, 9.17) is 10.5 Å². The molecule has 3 rings (SSSR count). The van der Waals surface area contributed by atoms with Crippen LogP contribution in [0.25, 0.3) is 0 Å². The average molecular weight is 443 g/mol. The number of rotatable bonds is 9. The van der Waals surface area contributed by atoms with Crippen LogP contribution in [-0.2, 0) is 23.1 Å². The molecular weight excluding hydrogens is 408 g/mol. The Kier molecular flexibility index (Phi) is 7.42. The number of ether oxygens (including phenoxy) is 1. The molecule has 5 nitrogen and oxygen atoms in total. The van der Waals surface area contributed by atoms with Gasteiger partial charge in [-0.3, -0.25) is 9.59 Å². The topological polar surface area (TPSA) is 81.4 Å². The highest BCUT2D eigenvalue weighted by Gasteiger charge is 2.27. The van der Waals surface area contributed by atoms with Gasteiger partial charge in [-0.1, -0.05) is 39.8 Å². The molecule has 0 radical (unpaired) electrons. The summed E-state index contributed by atoms with van der Waals surface area (Å²) in [6.07, 6.45) is 4.85. The zero-order chi connectivity index (χ0) is 22.6. The number of hydrogen-bond acceptors (Lipinski definition) is 4. The van der Waals surface area contributed by atoms with Crippen LogP contribution in [0.15, 0.2) is 24.3 Å². The lowest BCUT2D eigenvalue weighted by Gasteiger charge is -2.23. The molecule has 6 heteroatoms. The van der Waals surface area contributed by atoms with Crippen LogP contribution in [0.1, 0.15) is 79.7 Å². The van der Waals surface area contributed by atoms with Crippen molar-refractivity contribution in [2.75, 3.05) is 11.9 Å². The van der Waals surface area contributed by atoms with Crippen molar-refractivity contribution in [2.45, 2.75) is 71.6 Å². The van der Waals surface area contributed by atoms with E-state index in [1.54, 1.807) is 0 Å². The summed E-state index contributed by atoms with van der Waals surface area (Å²) in [5.41, 5.74) is 8.60. The second-order valence-electron chi connectivity index (χ2n) is 9.18. The smallest absolute Gasteiger partial charge is 0.251 e. The molecule has 0 saturated heterocycles. The van der Waals surface area contributed by atoms with E-state index < -0.39 is 5.91 Å². The lowest BCUT2D eigenvalue weighted by molar-refractivity contribution is -0.116. The summed E-state index contributed by atoms with van der Waals surface area (Å²) in [7, 11) is 0. The molecule has 168 valence electrons. The van der Waals surface area contributed by atoms with Crippen molar-refractivity contribution in [1.82, 2.24) is 0 Å². The Morgan fingerprint density at radius 3 is 2.61 bits per heavy atom. The fourth-order valence-corrected chi connectivity index (χ4v) is 5.35. The molecule has 1 heterocycles. The highest BCUT2D eigenvalue weighted by Crippen LogP contribution is 2.39. The second-order valence-corrected chi connectivity index (χ2v) is 10.3. The van der Waals surface area contributed by atoms with Crippen molar-refractivity contribution in [3.63, 3.8) is 0 Å². The number of hydrogen-bond donors (Lipinski definition) is 2. The molecule has 2 aromatic rings. The van der Waals surface area contributed by atoms with Gasteiger partial charge in [-0.25, -0.2) is 0 Å². The third kappa shape index (κ3) is 5.67. The van der Waals surface area contributed by atoms with Crippen molar-refractivity contribution in [3.05, 3.63) is 45.8 Å². The summed E-state index contributed by atoms with van der Waals surface area (Å²) in [6.45, 7) is 9.33. The SMILES string of the molecule is CCC(C)(C)c1ccc(OCCCC(=O)Nc2sc3c(c2C(N)=O)CCC(C)C3)cc1.